The zero-order chi connectivity index (χ0) is 13.4. The van der Waals surface area contributed by atoms with Gasteiger partial charge in [0.1, 0.15) is 4.21 Å². The molecule has 0 bridgehead atoms. The SMILES string of the molecule is CC(C)(C)c1ccc(S(=O)(=O)Nc2cn[nH]c2)s1. The maximum Gasteiger partial charge on any atom is 0.271 e. The summed E-state index contributed by atoms with van der Waals surface area (Å²) >= 11 is 1.29. The fourth-order valence-electron chi connectivity index (χ4n) is 1.38. The second kappa shape index (κ2) is 4.40. The van der Waals surface area contributed by atoms with Crippen molar-refractivity contribution in [3.8, 4) is 0 Å². The van der Waals surface area contributed by atoms with Crippen LogP contribution in [0.3, 0.4) is 0 Å². The number of rotatable bonds is 3. The summed E-state index contributed by atoms with van der Waals surface area (Å²) in [6, 6.07) is 3.49. The minimum absolute atomic E-state index is 0.0475. The van der Waals surface area contributed by atoms with E-state index in [2.05, 4.69) is 35.7 Å². The van der Waals surface area contributed by atoms with Crippen molar-refractivity contribution in [1.29, 1.82) is 0 Å². The van der Waals surface area contributed by atoms with Crippen LogP contribution >= 0.6 is 11.3 Å². The Bertz CT molecular complexity index is 622. The Labute approximate surface area is 110 Å². The third-order valence-electron chi connectivity index (χ3n) is 2.34. The lowest BCUT2D eigenvalue weighted by atomic mass is 9.95. The summed E-state index contributed by atoms with van der Waals surface area (Å²) in [6.07, 6.45) is 2.92. The fourth-order valence-corrected chi connectivity index (χ4v) is 3.78. The molecule has 0 spiro atoms. The molecule has 0 aliphatic rings. The molecule has 0 saturated carbocycles. The van der Waals surface area contributed by atoms with Crippen LogP contribution in [0.15, 0.2) is 28.7 Å². The Morgan fingerprint density at radius 2 is 2.06 bits per heavy atom. The van der Waals surface area contributed by atoms with E-state index in [-0.39, 0.29) is 5.41 Å². The Hall–Kier alpha value is -1.34. The van der Waals surface area contributed by atoms with Gasteiger partial charge in [0.25, 0.3) is 10.0 Å². The number of thiophene rings is 1. The summed E-state index contributed by atoms with van der Waals surface area (Å²) in [5.74, 6) is 0. The van der Waals surface area contributed by atoms with E-state index < -0.39 is 10.0 Å². The summed E-state index contributed by atoms with van der Waals surface area (Å²) < 4.78 is 27.0. The molecular weight excluding hydrogens is 270 g/mol. The van der Waals surface area contributed by atoms with Crippen LogP contribution in [0.4, 0.5) is 5.69 Å². The van der Waals surface area contributed by atoms with Crippen LogP contribution in [0.25, 0.3) is 0 Å². The molecule has 7 heteroatoms. The van der Waals surface area contributed by atoms with Gasteiger partial charge in [-0.05, 0) is 17.5 Å². The van der Waals surface area contributed by atoms with Crippen molar-refractivity contribution in [3.05, 3.63) is 29.4 Å². The molecule has 0 radical (unpaired) electrons. The van der Waals surface area contributed by atoms with Crippen molar-refractivity contribution >= 4 is 27.0 Å². The highest BCUT2D eigenvalue weighted by Crippen LogP contribution is 2.32. The lowest BCUT2D eigenvalue weighted by molar-refractivity contribution is 0.603. The van der Waals surface area contributed by atoms with Crippen LogP contribution in [-0.4, -0.2) is 18.6 Å². The molecule has 0 aliphatic heterocycles. The second-order valence-electron chi connectivity index (χ2n) is 4.96. The molecule has 0 aliphatic carbocycles. The molecule has 2 aromatic heterocycles. The zero-order valence-electron chi connectivity index (χ0n) is 10.4. The van der Waals surface area contributed by atoms with E-state index in [1.54, 1.807) is 6.07 Å². The van der Waals surface area contributed by atoms with E-state index in [0.717, 1.165) is 4.88 Å². The number of anilines is 1. The molecule has 2 aromatic rings. The van der Waals surface area contributed by atoms with Crippen molar-refractivity contribution < 1.29 is 8.42 Å². The van der Waals surface area contributed by atoms with Crippen molar-refractivity contribution in [2.45, 2.75) is 30.4 Å². The van der Waals surface area contributed by atoms with Gasteiger partial charge in [-0.15, -0.1) is 11.3 Å². The largest absolute Gasteiger partial charge is 0.284 e. The molecule has 2 heterocycles. The van der Waals surface area contributed by atoms with Gasteiger partial charge in [0.2, 0.25) is 0 Å². The molecule has 0 aromatic carbocycles. The summed E-state index contributed by atoms with van der Waals surface area (Å²) in [7, 11) is -3.51. The first-order valence-corrected chi connectivity index (χ1v) is 7.71. The molecule has 2 N–H and O–H groups in total. The summed E-state index contributed by atoms with van der Waals surface area (Å²) in [5, 5.41) is 6.26. The van der Waals surface area contributed by atoms with Gasteiger partial charge in [-0.25, -0.2) is 8.42 Å². The highest BCUT2D eigenvalue weighted by atomic mass is 32.2. The Kier molecular flexibility index (Phi) is 3.20. The Balaban J connectivity index is 2.28. The fraction of sp³-hybridized carbons (Fsp3) is 0.364. The van der Waals surface area contributed by atoms with Gasteiger partial charge in [-0.3, -0.25) is 9.82 Å². The molecule has 0 fully saturated rings. The van der Waals surface area contributed by atoms with Gasteiger partial charge < -0.3 is 0 Å². The summed E-state index contributed by atoms with van der Waals surface area (Å²) in [6.45, 7) is 6.16. The van der Waals surface area contributed by atoms with Gasteiger partial charge in [0, 0.05) is 11.1 Å². The number of nitrogens with one attached hydrogen (secondary N) is 2. The molecule has 2 rings (SSSR count). The standard InChI is InChI=1S/C11H15N3O2S2/c1-11(2,3)9-4-5-10(17-9)18(15,16)14-8-6-12-13-7-8/h4-7,14H,1-3H3,(H,12,13). The van der Waals surface area contributed by atoms with Crippen molar-refractivity contribution in [1.82, 2.24) is 10.2 Å². The molecule has 18 heavy (non-hydrogen) atoms. The lowest BCUT2D eigenvalue weighted by Gasteiger charge is -2.15. The number of hydrogen-bond donors (Lipinski definition) is 2. The number of sulfonamides is 1. The van der Waals surface area contributed by atoms with Crippen LogP contribution in [-0.2, 0) is 15.4 Å². The van der Waals surface area contributed by atoms with Gasteiger partial charge in [0.15, 0.2) is 0 Å². The minimum Gasteiger partial charge on any atom is -0.284 e. The predicted molar refractivity (Wildman–Crippen MR) is 72.4 cm³/mol. The summed E-state index contributed by atoms with van der Waals surface area (Å²) in [4.78, 5) is 1.04. The van der Waals surface area contributed by atoms with E-state index in [0.29, 0.717) is 9.90 Å². The average Bonchev–Trinajstić information content (AvgIpc) is 2.83. The van der Waals surface area contributed by atoms with Gasteiger partial charge >= 0.3 is 0 Å². The van der Waals surface area contributed by atoms with Crippen LogP contribution in [0, 0.1) is 0 Å². The summed E-state index contributed by atoms with van der Waals surface area (Å²) in [5.41, 5.74) is 0.384. The number of aromatic amines is 1. The molecule has 5 nitrogen and oxygen atoms in total. The normalized spacial score (nSPS) is 12.6. The maximum atomic E-state index is 12.1. The molecular formula is C11H15N3O2S2. The molecule has 0 saturated heterocycles. The third-order valence-corrected chi connectivity index (χ3v) is 5.72. The number of nitrogens with zero attached hydrogens (tertiary/aromatic N) is 1. The average molecular weight is 285 g/mol. The topological polar surface area (TPSA) is 74.8 Å². The number of H-pyrrole nitrogens is 1. The Morgan fingerprint density at radius 1 is 1.33 bits per heavy atom. The van der Waals surface area contributed by atoms with Crippen molar-refractivity contribution in [2.75, 3.05) is 4.72 Å². The first kappa shape index (κ1) is 13.1. The van der Waals surface area contributed by atoms with E-state index in [1.807, 2.05) is 6.07 Å². The van der Waals surface area contributed by atoms with Crippen LogP contribution in [0.1, 0.15) is 25.6 Å². The van der Waals surface area contributed by atoms with Gasteiger partial charge in [0.05, 0.1) is 11.9 Å². The van der Waals surface area contributed by atoms with Crippen LogP contribution in [0.2, 0.25) is 0 Å². The second-order valence-corrected chi connectivity index (χ2v) is 7.95. The smallest absolute Gasteiger partial charge is 0.271 e. The quantitative estimate of drug-likeness (QED) is 0.910. The van der Waals surface area contributed by atoms with E-state index >= 15 is 0 Å². The third kappa shape index (κ3) is 2.73. The maximum absolute atomic E-state index is 12.1. The molecule has 0 unspecified atom stereocenters. The van der Waals surface area contributed by atoms with Crippen molar-refractivity contribution in [3.63, 3.8) is 0 Å². The highest BCUT2D eigenvalue weighted by Gasteiger charge is 2.22. The highest BCUT2D eigenvalue weighted by molar-refractivity contribution is 7.94. The predicted octanol–water partition coefficient (Wildman–Crippen LogP) is 2.57. The monoisotopic (exact) mass is 285 g/mol. The first-order valence-electron chi connectivity index (χ1n) is 5.41. The molecule has 0 amide bonds. The number of aromatic nitrogens is 2. The van der Waals surface area contributed by atoms with Crippen LogP contribution in [0.5, 0.6) is 0 Å². The zero-order valence-corrected chi connectivity index (χ0v) is 12.0. The Morgan fingerprint density at radius 3 is 2.56 bits per heavy atom. The van der Waals surface area contributed by atoms with E-state index in [9.17, 15) is 8.42 Å². The number of hydrogen-bond acceptors (Lipinski definition) is 4. The van der Waals surface area contributed by atoms with E-state index in [1.165, 1.54) is 23.7 Å². The van der Waals surface area contributed by atoms with Gasteiger partial charge in [-0.2, -0.15) is 5.10 Å². The lowest BCUT2D eigenvalue weighted by Crippen LogP contribution is -2.11. The van der Waals surface area contributed by atoms with E-state index in [4.69, 9.17) is 0 Å². The minimum atomic E-state index is -3.51. The van der Waals surface area contributed by atoms with Crippen molar-refractivity contribution in [2.24, 2.45) is 0 Å². The first-order chi connectivity index (χ1) is 8.29. The molecule has 0 atom stereocenters. The van der Waals surface area contributed by atoms with Gasteiger partial charge in [-0.1, -0.05) is 20.8 Å². The molecule has 98 valence electrons. The van der Waals surface area contributed by atoms with Crippen LogP contribution < -0.4 is 4.72 Å².